The highest BCUT2D eigenvalue weighted by Gasteiger charge is 2.12. The van der Waals surface area contributed by atoms with Crippen LogP contribution in [0.2, 0.25) is 0 Å². The number of rotatable bonds is 2. The zero-order chi connectivity index (χ0) is 13.3. The SMILES string of the molecule is CC(=O)c1nc(C)cc(-c2ccc(F)cc2F)n1. The summed E-state index contributed by atoms with van der Waals surface area (Å²) in [6, 6.07) is 4.75. The highest BCUT2D eigenvalue weighted by atomic mass is 19.1. The molecule has 1 aromatic carbocycles. The zero-order valence-corrected chi connectivity index (χ0v) is 9.87. The molecule has 5 heteroatoms. The minimum Gasteiger partial charge on any atom is -0.291 e. The highest BCUT2D eigenvalue weighted by molar-refractivity contribution is 5.90. The molecule has 0 fully saturated rings. The van der Waals surface area contributed by atoms with E-state index in [0.29, 0.717) is 5.69 Å². The van der Waals surface area contributed by atoms with Crippen LogP contribution in [0.5, 0.6) is 0 Å². The first-order chi connectivity index (χ1) is 8.47. The molecule has 2 rings (SSSR count). The first-order valence-corrected chi connectivity index (χ1v) is 5.29. The molecule has 0 aliphatic heterocycles. The van der Waals surface area contributed by atoms with Crippen molar-refractivity contribution in [3.8, 4) is 11.3 Å². The third-order valence-corrected chi connectivity index (χ3v) is 2.38. The van der Waals surface area contributed by atoms with Crippen LogP contribution in [0.25, 0.3) is 11.3 Å². The van der Waals surface area contributed by atoms with Gasteiger partial charge in [0, 0.05) is 24.2 Å². The quantitative estimate of drug-likeness (QED) is 0.767. The Labute approximate surface area is 103 Å². The van der Waals surface area contributed by atoms with E-state index in [0.717, 1.165) is 12.1 Å². The number of hydrogen-bond acceptors (Lipinski definition) is 3. The van der Waals surface area contributed by atoms with Crippen molar-refractivity contribution in [3.63, 3.8) is 0 Å². The second-order valence-electron chi connectivity index (χ2n) is 3.90. The summed E-state index contributed by atoms with van der Waals surface area (Å²) in [5.74, 6) is -1.66. The van der Waals surface area contributed by atoms with Crippen molar-refractivity contribution in [1.82, 2.24) is 9.97 Å². The first-order valence-electron chi connectivity index (χ1n) is 5.29. The molecular weight excluding hydrogens is 238 g/mol. The lowest BCUT2D eigenvalue weighted by atomic mass is 10.1. The summed E-state index contributed by atoms with van der Waals surface area (Å²) in [5, 5.41) is 0. The molecule has 0 aliphatic carbocycles. The van der Waals surface area contributed by atoms with Crippen molar-refractivity contribution in [2.75, 3.05) is 0 Å². The summed E-state index contributed by atoms with van der Waals surface area (Å²) in [6.45, 7) is 3.01. The lowest BCUT2D eigenvalue weighted by molar-refractivity contribution is 0.100. The van der Waals surface area contributed by atoms with Crippen molar-refractivity contribution in [3.05, 3.63) is 47.4 Å². The van der Waals surface area contributed by atoms with Gasteiger partial charge in [-0.15, -0.1) is 0 Å². The van der Waals surface area contributed by atoms with Gasteiger partial charge in [0.1, 0.15) is 11.6 Å². The number of halogens is 2. The molecule has 0 saturated heterocycles. The average molecular weight is 248 g/mol. The van der Waals surface area contributed by atoms with E-state index >= 15 is 0 Å². The fourth-order valence-electron chi connectivity index (χ4n) is 1.56. The molecule has 0 radical (unpaired) electrons. The van der Waals surface area contributed by atoms with Crippen molar-refractivity contribution in [2.45, 2.75) is 13.8 Å². The van der Waals surface area contributed by atoms with E-state index in [4.69, 9.17) is 0 Å². The Balaban J connectivity index is 2.60. The van der Waals surface area contributed by atoms with Crippen LogP contribution in [0.15, 0.2) is 24.3 Å². The Kier molecular flexibility index (Phi) is 3.14. The number of Topliss-reactive ketones (excluding diaryl/α,β-unsaturated/α-hetero) is 1. The molecule has 0 bridgehead atoms. The lowest BCUT2D eigenvalue weighted by Crippen LogP contribution is -2.04. The molecule has 18 heavy (non-hydrogen) atoms. The van der Waals surface area contributed by atoms with Gasteiger partial charge in [-0.25, -0.2) is 18.7 Å². The molecule has 2 aromatic rings. The molecule has 0 spiro atoms. The van der Waals surface area contributed by atoms with Crippen LogP contribution >= 0.6 is 0 Å². The largest absolute Gasteiger partial charge is 0.291 e. The number of benzene rings is 1. The Morgan fingerprint density at radius 2 is 1.89 bits per heavy atom. The van der Waals surface area contributed by atoms with Gasteiger partial charge in [0.05, 0.1) is 5.69 Å². The third kappa shape index (κ3) is 2.40. The summed E-state index contributed by atoms with van der Waals surface area (Å²) in [6.07, 6.45) is 0. The molecule has 3 nitrogen and oxygen atoms in total. The molecule has 0 aliphatic rings. The van der Waals surface area contributed by atoms with Crippen molar-refractivity contribution in [1.29, 1.82) is 0 Å². The molecule has 92 valence electrons. The van der Waals surface area contributed by atoms with Gasteiger partial charge < -0.3 is 0 Å². The molecule has 0 unspecified atom stereocenters. The minimum atomic E-state index is -0.720. The van der Waals surface area contributed by atoms with Gasteiger partial charge in [-0.05, 0) is 25.1 Å². The molecule has 1 aromatic heterocycles. The summed E-state index contributed by atoms with van der Waals surface area (Å²) >= 11 is 0. The second kappa shape index (κ2) is 4.60. The maximum absolute atomic E-state index is 13.6. The Morgan fingerprint density at radius 1 is 1.17 bits per heavy atom. The van der Waals surface area contributed by atoms with Gasteiger partial charge in [-0.2, -0.15) is 0 Å². The van der Waals surface area contributed by atoms with E-state index in [1.807, 2.05) is 0 Å². The van der Waals surface area contributed by atoms with Gasteiger partial charge in [0.25, 0.3) is 0 Å². The van der Waals surface area contributed by atoms with Crippen LogP contribution in [0.1, 0.15) is 23.2 Å². The number of hydrogen-bond donors (Lipinski definition) is 0. The minimum absolute atomic E-state index is 0.0220. The molecular formula is C13H10F2N2O. The number of carbonyl (C=O) groups excluding carboxylic acids is 1. The number of aromatic nitrogens is 2. The molecule has 0 N–H and O–H groups in total. The van der Waals surface area contributed by atoms with Crippen molar-refractivity contribution < 1.29 is 13.6 Å². The van der Waals surface area contributed by atoms with Crippen molar-refractivity contribution >= 4 is 5.78 Å². The number of nitrogens with zero attached hydrogens (tertiary/aromatic N) is 2. The molecule has 1 heterocycles. The molecule has 0 saturated carbocycles. The summed E-state index contributed by atoms with van der Waals surface area (Å²) in [4.78, 5) is 19.2. The van der Waals surface area contributed by atoms with Gasteiger partial charge in [0.15, 0.2) is 11.6 Å². The standard InChI is InChI=1S/C13H10F2N2O/c1-7-5-12(17-13(16-7)8(2)18)10-4-3-9(14)6-11(10)15/h3-6H,1-2H3. The highest BCUT2D eigenvalue weighted by Crippen LogP contribution is 2.22. The molecule has 0 amide bonds. The summed E-state index contributed by atoms with van der Waals surface area (Å²) < 4.78 is 26.4. The van der Waals surface area contributed by atoms with Gasteiger partial charge in [0.2, 0.25) is 0 Å². The van der Waals surface area contributed by atoms with E-state index in [1.165, 1.54) is 13.0 Å². The summed E-state index contributed by atoms with van der Waals surface area (Å²) in [5.41, 5.74) is 0.962. The first kappa shape index (κ1) is 12.3. The third-order valence-electron chi connectivity index (χ3n) is 2.38. The van der Waals surface area contributed by atoms with Gasteiger partial charge in [-0.3, -0.25) is 4.79 Å². The van der Waals surface area contributed by atoms with E-state index in [2.05, 4.69) is 9.97 Å². The van der Waals surface area contributed by atoms with Crippen LogP contribution in [0.3, 0.4) is 0 Å². The van der Waals surface area contributed by atoms with Crippen LogP contribution in [0, 0.1) is 18.6 Å². The van der Waals surface area contributed by atoms with E-state index < -0.39 is 11.6 Å². The Hall–Kier alpha value is -2.17. The summed E-state index contributed by atoms with van der Waals surface area (Å²) in [7, 11) is 0. The fraction of sp³-hybridized carbons (Fsp3) is 0.154. The fourth-order valence-corrected chi connectivity index (χ4v) is 1.56. The zero-order valence-electron chi connectivity index (χ0n) is 9.87. The van der Waals surface area contributed by atoms with E-state index in [9.17, 15) is 13.6 Å². The molecule has 0 atom stereocenters. The maximum Gasteiger partial charge on any atom is 0.196 e. The maximum atomic E-state index is 13.6. The monoisotopic (exact) mass is 248 g/mol. The smallest absolute Gasteiger partial charge is 0.196 e. The van der Waals surface area contributed by atoms with Gasteiger partial charge in [-0.1, -0.05) is 0 Å². The van der Waals surface area contributed by atoms with Crippen LogP contribution in [-0.4, -0.2) is 15.8 Å². The predicted octanol–water partition coefficient (Wildman–Crippen LogP) is 2.93. The van der Waals surface area contributed by atoms with E-state index in [1.54, 1.807) is 13.0 Å². The van der Waals surface area contributed by atoms with E-state index in [-0.39, 0.29) is 22.9 Å². The predicted molar refractivity (Wildman–Crippen MR) is 62.1 cm³/mol. The Bertz CT molecular complexity index is 626. The number of carbonyl (C=O) groups is 1. The van der Waals surface area contributed by atoms with Crippen LogP contribution < -0.4 is 0 Å². The van der Waals surface area contributed by atoms with Crippen LogP contribution in [-0.2, 0) is 0 Å². The Morgan fingerprint density at radius 3 is 2.50 bits per heavy atom. The average Bonchev–Trinajstić information content (AvgIpc) is 2.27. The number of aryl methyl sites for hydroxylation is 1. The normalized spacial score (nSPS) is 10.4. The number of ketones is 1. The lowest BCUT2D eigenvalue weighted by Gasteiger charge is -2.05. The van der Waals surface area contributed by atoms with Gasteiger partial charge >= 0.3 is 0 Å². The topological polar surface area (TPSA) is 42.9 Å². The van der Waals surface area contributed by atoms with Crippen LogP contribution in [0.4, 0.5) is 8.78 Å². The van der Waals surface area contributed by atoms with Crippen molar-refractivity contribution in [2.24, 2.45) is 0 Å². The second-order valence-corrected chi connectivity index (χ2v) is 3.90.